The number of rotatable bonds is 2. The fourth-order valence-electron chi connectivity index (χ4n) is 4.44. The highest BCUT2D eigenvalue weighted by molar-refractivity contribution is 7.41. The first kappa shape index (κ1) is 12.2. The maximum absolute atomic E-state index is 2.02. The van der Waals surface area contributed by atoms with Crippen molar-refractivity contribution in [3.8, 4) is 0 Å². The van der Waals surface area contributed by atoms with E-state index in [9.17, 15) is 0 Å². The van der Waals surface area contributed by atoms with E-state index in [0.29, 0.717) is 0 Å². The predicted octanol–water partition coefficient (Wildman–Crippen LogP) is 5.29. The molecule has 3 aliphatic rings. The van der Waals surface area contributed by atoms with E-state index in [0.717, 1.165) is 17.8 Å². The van der Waals surface area contributed by atoms with Gasteiger partial charge in [-0.1, -0.05) is 38.5 Å². The van der Waals surface area contributed by atoms with Crippen molar-refractivity contribution in [2.24, 2.45) is 17.8 Å². The summed E-state index contributed by atoms with van der Waals surface area (Å²) in [6.07, 6.45) is 18.3. The van der Waals surface area contributed by atoms with Gasteiger partial charge in [-0.25, -0.2) is 0 Å². The van der Waals surface area contributed by atoms with E-state index in [1.165, 1.54) is 63.9 Å². The minimum absolute atomic E-state index is 1.04. The predicted molar refractivity (Wildman–Crippen MR) is 78.1 cm³/mol. The lowest BCUT2D eigenvalue weighted by atomic mass is 9.72. The quantitative estimate of drug-likeness (QED) is 0.584. The highest BCUT2D eigenvalue weighted by atomic mass is 31.1. The summed E-state index contributed by atoms with van der Waals surface area (Å²) < 4.78 is 0. The van der Waals surface area contributed by atoms with Crippen molar-refractivity contribution in [2.75, 3.05) is 6.16 Å². The Bertz CT molecular complexity index is 269. The SMILES string of the molecule is C1CCC(C2=PCCC2C2CCCCC2)CC1. The van der Waals surface area contributed by atoms with Crippen molar-refractivity contribution in [3.05, 3.63) is 0 Å². The Morgan fingerprint density at radius 2 is 1.35 bits per heavy atom. The summed E-state index contributed by atoms with van der Waals surface area (Å²) in [6.45, 7) is 0. The highest BCUT2D eigenvalue weighted by Gasteiger charge is 2.33. The summed E-state index contributed by atoms with van der Waals surface area (Å²) in [7, 11) is 1.76. The smallest absolute Gasteiger partial charge is 0.0101 e. The van der Waals surface area contributed by atoms with Crippen LogP contribution in [0.2, 0.25) is 0 Å². The Hall–Kier alpha value is 0.170. The van der Waals surface area contributed by atoms with Gasteiger partial charge in [0.2, 0.25) is 0 Å². The normalized spacial score (nSPS) is 33.6. The topological polar surface area (TPSA) is 0 Å². The van der Waals surface area contributed by atoms with Crippen LogP contribution >= 0.6 is 8.20 Å². The standard InChI is InChI=1S/C16H27P/c1-3-7-13(8-4-1)15-11-12-17-16(15)14-9-5-2-6-10-14/h13-15H,1-12H2. The van der Waals surface area contributed by atoms with E-state index in [1.807, 2.05) is 5.29 Å². The zero-order chi connectivity index (χ0) is 11.5. The third-order valence-electron chi connectivity index (χ3n) is 5.36. The molecule has 3 rings (SSSR count). The third kappa shape index (κ3) is 2.78. The van der Waals surface area contributed by atoms with Crippen LogP contribution in [0.15, 0.2) is 0 Å². The average molecular weight is 250 g/mol. The van der Waals surface area contributed by atoms with Crippen LogP contribution in [0.1, 0.15) is 70.6 Å². The Balaban J connectivity index is 1.65. The second-order valence-corrected chi connectivity index (χ2v) is 7.71. The molecule has 0 N–H and O–H groups in total. The molecule has 0 aromatic carbocycles. The average Bonchev–Trinajstić information content (AvgIpc) is 2.90. The first-order chi connectivity index (χ1) is 8.45. The molecule has 1 unspecified atom stereocenters. The van der Waals surface area contributed by atoms with Gasteiger partial charge in [-0.15, -0.1) is 8.20 Å². The molecule has 96 valence electrons. The molecule has 0 spiro atoms. The Labute approximate surface area is 108 Å². The third-order valence-corrected chi connectivity index (χ3v) is 6.90. The lowest BCUT2D eigenvalue weighted by Crippen LogP contribution is -2.28. The van der Waals surface area contributed by atoms with Gasteiger partial charge in [0.1, 0.15) is 0 Å². The maximum atomic E-state index is 2.02. The van der Waals surface area contributed by atoms with Gasteiger partial charge >= 0.3 is 0 Å². The second-order valence-electron chi connectivity index (χ2n) is 6.43. The largest absolute Gasteiger partial charge is 0.105 e. The van der Waals surface area contributed by atoms with Crippen LogP contribution in [0, 0.1) is 17.8 Å². The molecule has 0 bridgehead atoms. The summed E-state index contributed by atoms with van der Waals surface area (Å²) in [4.78, 5) is 0. The van der Waals surface area contributed by atoms with E-state index in [1.54, 1.807) is 21.0 Å². The molecule has 1 atom stereocenters. The lowest BCUT2D eigenvalue weighted by molar-refractivity contribution is 0.289. The maximum Gasteiger partial charge on any atom is -0.0101 e. The van der Waals surface area contributed by atoms with Gasteiger partial charge in [-0.05, 0) is 61.3 Å². The first-order valence-corrected chi connectivity index (χ1v) is 9.07. The zero-order valence-electron chi connectivity index (χ0n) is 11.2. The van der Waals surface area contributed by atoms with E-state index in [4.69, 9.17) is 0 Å². The van der Waals surface area contributed by atoms with E-state index >= 15 is 0 Å². The van der Waals surface area contributed by atoms with Crippen molar-refractivity contribution in [1.29, 1.82) is 0 Å². The summed E-state index contributed by atoms with van der Waals surface area (Å²) in [5, 5.41) is 2.02. The van der Waals surface area contributed by atoms with E-state index in [2.05, 4.69) is 0 Å². The molecule has 0 saturated heterocycles. The lowest BCUT2D eigenvalue weighted by Gasteiger charge is -2.33. The van der Waals surface area contributed by atoms with Crippen LogP contribution in [-0.2, 0) is 0 Å². The molecular weight excluding hydrogens is 223 g/mol. The van der Waals surface area contributed by atoms with Gasteiger partial charge in [-0.2, -0.15) is 0 Å². The number of hydrogen-bond donors (Lipinski definition) is 0. The molecule has 2 fully saturated rings. The number of hydrogen-bond acceptors (Lipinski definition) is 0. The molecule has 1 heterocycles. The fraction of sp³-hybridized carbons (Fsp3) is 0.938. The summed E-state index contributed by atoms with van der Waals surface area (Å²) in [6, 6.07) is 0. The van der Waals surface area contributed by atoms with Crippen LogP contribution in [-0.4, -0.2) is 11.5 Å². The Morgan fingerprint density at radius 1 is 0.706 bits per heavy atom. The van der Waals surface area contributed by atoms with Crippen molar-refractivity contribution in [1.82, 2.24) is 0 Å². The van der Waals surface area contributed by atoms with Gasteiger partial charge in [0.25, 0.3) is 0 Å². The van der Waals surface area contributed by atoms with Crippen LogP contribution in [0.4, 0.5) is 0 Å². The van der Waals surface area contributed by atoms with Crippen LogP contribution in [0.3, 0.4) is 0 Å². The Morgan fingerprint density at radius 3 is 2.06 bits per heavy atom. The van der Waals surface area contributed by atoms with Gasteiger partial charge in [0.15, 0.2) is 0 Å². The van der Waals surface area contributed by atoms with Crippen molar-refractivity contribution < 1.29 is 0 Å². The fourth-order valence-corrected chi connectivity index (χ4v) is 6.20. The van der Waals surface area contributed by atoms with Gasteiger partial charge in [-0.3, -0.25) is 0 Å². The molecule has 0 radical (unpaired) electrons. The van der Waals surface area contributed by atoms with E-state index < -0.39 is 0 Å². The first-order valence-electron chi connectivity index (χ1n) is 7.99. The molecule has 0 aromatic heterocycles. The summed E-state index contributed by atoms with van der Waals surface area (Å²) in [5.74, 6) is 3.19. The van der Waals surface area contributed by atoms with Crippen molar-refractivity contribution in [2.45, 2.75) is 70.6 Å². The molecular formula is C16H27P. The summed E-state index contributed by atoms with van der Waals surface area (Å²) in [5.41, 5.74) is 0. The minimum atomic E-state index is 1.04. The molecule has 2 saturated carbocycles. The molecule has 17 heavy (non-hydrogen) atoms. The van der Waals surface area contributed by atoms with Crippen molar-refractivity contribution >= 4 is 13.5 Å². The molecule has 0 amide bonds. The van der Waals surface area contributed by atoms with Crippen LogP contribution in [0.5, 0.6) is 0 Å². The van der Waals surface area contributed by atoms with Crippen LogP contribution < -0.4 is 0 Å². The zero-order valence-corrected chi connectivity index (χ0v) is 12.1. The van der Waals surface area contributed by atoms with Crippen molar-refractivity contribution in [3.63, 3.8) is 0 Å². The van der Waals surface area contributed by atoms with Crippen LogP contribution in [0.25, 0.3) is 0 Å². The van der Waals surface area contributed by atoms with E-state index in [-0.39, 0.29) is 0 Å². The second kappa shape index (κ2) is 5.87. The molecule has 0 nitrogen and oxygen atoms in total. The molecule has 1 aliphatic heterocycles. The highest BCUT2D eigenvalue weighted by Crippen LogP contribution is 2.42. The minimum Gasteiger partial charge on any atom is -0.105 e. The monoisotopic (exact) mass is 250 g/mol. The molecule has 0 aromatic rings. The van der Waals surface area contributed by atoms with Gasteiger partial charge in [0, 0.05) is 0 Å². The summed E-state index contributed by atoms with van der Waals surface area (Å²) >= 11 is 0. The molecule has 1 heteroatoms. The molecule has 2 aliphatic carbocycles. The Kier molecular flexibility index (Phi) is 4.22. The van der Waals surface area contributed by atoms with Gasteiger partial charge in [0.05, 0.1) is 0 Å². The van der Waals surface area contributed by atoms with Gasteiger partial charge < -0.3 is 0 Å².